The Balaban J connectivity index is 1.46. The fourth-order valence-corrected chi connectivity index (χ4v) is 3.51. The predicted molar refractivity (Wildman–Crippen MR) is 105 cm³/mol. The van der Waals surface area contributed by atoms with E-state index in [9.17, 15) is 9.18 Å². The number of halogens is 1. The Hall–Kier alpha value is -2.24. The molecule has 4 nitrogen and oxygen atoms in total. The van der Waals surface area contributed by atoms with Gasteiger partial charge in [-0.15, -0.1) is 0 Å². The molecule has 0 saturated carbocycles. The summed E-state index contributed by atoms with van der Waals surface area (Å²) in [6, 6.07) is 13.8. The van der Waals surface area contributed by atoms with Crippen LogP contribution in [0.4, 0.5) is 4.39 Å². The summed E-state index contributed by atoms with van der Waals surface area (Å²) in [6.45, 7) is 4.69. The van der Waals surface area contributed by atoms with E-state index in [0.29, 0.717) is 18.0 Å². The van der Waals surface area contributed by atoms with Gasteiger partial charge in [-0.2, -0.15) is 0 Å². The maximum absolute atomic E-state index is 13.0. The lowest BCUT2D eigenvalue weighted by atomic mass is 10.0. The highest BCUT2D eigenvalue weighted by atomic mass is 19.1. The van der Waals surface area contributed by atoms with Gasteiger partial charge in [0.1, 0.15) is 5.82 Å². The molecule has 1 saturated heterocycles. The molecule has 0 aromatic heterocycles. The number of nitrogens with one attached hydrogen (secondary N) is 1. The van der Waals surface area contributed by atoms with Gasteiger partial charge in [-0.1, -0.05) is 24.3 Å². The number of benzene rings is 2. The van der Waals surface area contributed by atoms with E-state index >= 15 is 0 Å². The smallest absolute Gasteiger partial charge is 0.251 e. The van der Waals surface area contributed by atoms with Crippen LogP contribution >= 0.6 is 0 Å². The van der Waals surface area contributed by atoms with E-state index < -0.39 is 0 Å². The zero-order valence-electron chi connectivity index (χ0n) is 15.8. The highest BCUT2D eigenvalue weighted by molar-refractivity contribution is 5.94. The first-order chi connectivity index (χ1) is 13.2. The highest BCUT2D eigenvalue weighted by Gasteiger charge is 2.22. The third kappa shape index (κ3) is 5.62. The average Bonchev–Trinajstić information content (AvgIpc) is 3.15. The lowest BCUT2D eigenvalue weighted by Crippen LogP contribution is -2.31. The number of carbonyl (C=O) groups excluding carboxylic acids is 1. The summed E-state index contributed by atoms with van der Waals surface area (Å²) in [7, 11) is 1.73. The predicted octanol–water partition coefficient (Wildman–Crippen LogP) is 3.58. The maximum atomic E-state index is 13.0. The molecule has 5 heteroatoms. The molecule has 2 aromatic rings. The van der Waals surface area contributed by atoms with E-state index in [1.807, 2.05) is 24.3 Å². The van der Waals surface area contributed by atoms with E-state index in [1.54, 1.807) is 19.2 Å². The molecule has 1 N–H and O–H groups in total. The van der Waals surface area contributed by atoms with Gasteiger partial charge >= 0.3 is 0 Å². The number of nitrogens with zero attached hydrogens (tertiary/aromatic N) is 1. The van der Waals surface area contributed by atoms with Gasteiger partial charge in [0, 0.05) is 38.9 Å². The Labute approximate surface area is 160 Å². The molecule has 0 spiro atoms. The minimum absolute atomic E-state index is 0.0431. The molecule has 0 aliphatic carbocycles. The quantitative estimate of drug-likeness (QED) is 0.722. The lowest BCUT2D eigenvalue weighted by molar-refractivity contribution is 0.0947. The first-order valence-electron chi connectivity index (χ1n) is 9.51. The molecule has 1 atom stereocenters. The van der Waals surface area contributed by atoms with Crippen LogP contribution in [-0.2, 0) is 4.74 Å². The second-order valence-corrected chi connectivity index (χ2v) is 7.10. The molecule has 1 aliphatic rings. The number of ether oxygens (including phenoxy) is 1. The van der Waals surface area contributed by atoms with Crippen LogP contribution in [0, 0.1) is 11.7 Å². The number of likely N-dealkylation sites (tertiary alicyclic amines) is 1. The zero-order valence-corrected chi connectivity index (χ0v) is 15.8. The number of hydrogen-bond donors (Lipinski definition) is 1. The Morgan fingerprint density at radius 1 is 1.15 bits per heavy atom. The maximum Gasteiger partial charge on any atom is 0.251 e. The van der Waals surface area contributed by atoms with Gasteiger partial charge in [-0.25, -0.2) is 4.39 Å². The highest BCUT2D eigenvalue weighted by Crippen LogP contribution is 2.20. The molecule has 0 unspecified atom stereocenters. The molecule has 27 heavy (non-hydrogen) atoms. The number of amides is 1. The van der Waals surface area contributed by atoms with Crippen molar-refractivity contribution in [1.82, 2.24) is 10.2 Å². The summed E-state index contributed by atoms with van der Waals surface area (Å²) in [5.41, 5.74) is 2.55. The minimum Gasteiger partial charge on any atom is -0.385 e. The van der Waals surface area contributed by atoms with Crippen LogP contribution in [0.25, 0.3) is 11.1 Å². The van der Waals surface area contributed by atoms with Crippen molar-refractivity contribution in [2.24, 2.45) is 5.92 Å². The van der Waals surface area contributed by atoms with Crippen molar-refractivity contribution in [3.8, 4) is 11.1 Å². The Morgan fingerprint density at radius 3 is 2.48 bits per heavy atom. The standard InChI is InChI=1S/C22H27FN2O2/c1-27-14-2-12-25-13-11-17(16-25)15-24-22(26)20-5-3-18(4-6-20)19-7-9-21(23)10-8-19/h3-10,17H,2,11-16H2,1H3,(H,24,26)/t17-/m1/s1. The third-order valence-electron chi connectivity index (χ3n) is 5.07. The molecule has 0 bridgehead atoms. The van der Waals surface area contributed by atoms with Crippen molar-refractivity contribution >= 4 is 5.91 Å². The Kier molecular flexibility index (Phi) is 6.96. The van der Waals surface area contributed by atoms with Gasteiger partial charge in [0.05, 0.1) is 0 Å². The fraction of sp³-hybridized carbons (Fsp3) is 0.409. The van der Waals surface area contributed by atoms with E-state index in [0.717, 1.165) is 50.2 Å². The van der Waals surface area contributed by atoms with Crippen molar-refractivity contribution in [2.45, 2.75) is 12.8 Å². The summed E-state index contributed by atoms with van der Waals surface area (Å²) in [5, 5.41) is 3.06. The van der Waals surface area contributed by atoms with Crippen LogP contribution < -0.4 is 5.32 Å². The number of hydrogen-bond acceptors (Lipinski definition) is 3. The number of methoxy groups -OCH3 is 1. The fourth-order valence-electron chi connectivity index (χ4n) is 3.51. The molecule has 1 amide bonds. The molecule has 1 fully saturated rings. The molecule has 3 rings (SSSR count). The van der Waals surface area contributed by atoms with Gasteiger partial charge in [0.25, 0.3) is 5.91 Å². The molecule has 1 aliphatic heterocycles. The zero-order chi connectivity index (χ0) is 19.1. The van der Waals surface area contributed by atoms with E-state index in [2.05, 4.69) is 10.2 Å². The van der Waals surface area contributed by atoms with Crippen LogP contribution in [-0.4, -0.2) is 50.7 Å². The lowest BCUT2D eigenvalue weighted by Gasteiger charge is -2.16. The van der Waals surface area contributed by atoms with Crippen molar-refractivity contribution in [2.75, 3.05) is 39.9 Å². The summed E-state index contributed by atoms with van der Waals surface area (Å²) >= 11 is 0. The Bertz CT molecular complexity index is 731. The summed E-state index contributed by atoms with van der Waals surface area (Å²) in [6.07, 6.45) is 2.17. The SMILES string of the molecule is COCCCN1CC[C@H](CNC(=O)c2ccc(-c3ccc(F)cc3)cc2)C1. The summed E-state index contributed by atoms with van der Waals surface area (Å²) < 4.78 is 18.1. The monoisotopic (exact) mass is 370 g/mol. The topological polar surface area (TPSA) is 41.6 Å². The van der Waals surface area contributed by atoms with Crippen molar-refractivity contribution < 1.29 is 13.9 Å². The summed E-state index contributed by atoms with van der Waals surface area (Å²) in [5.74, 6) is 0.215. The van der Waals surface area contributed by atoms with Crippen molar-refractivity contribution in [3.05, 3.63) is 59.9 Å². The van der Waals surface area contributed by atoms with Gasteiger partial charge in [0.15, 0.2) is 0 Å². The Morgan fingerprint density at radius 2 is 1.81 bits per heavy atom. The van der Waals surface area contributed by atoms with Gasteiger partial charge in [-0.3, -0.25) is 4.79 Å². The molecular weight excluding hydrogens is 343 g/mol. The normalized spacial score (nSPS) is 17.2. The minimum atomic E-state index is -0.251. The third-order valence-corrected chi connectivity index (χ3v) is 5.07. The van der Waals surface area contributed by atoms with Crippen LogP contribution in [0.3, 0.4) is 0 Å². The van der Waals surface area contributed by atoms with Crippen molar-refractivity contribution in [3.63, 3.8) is 0 Å². The molecule has 144 valence electrons. The van der Waals surface area contributed by atoms with Crippen molar-refractivity contribution in [1.29, 1.82) is 0 Å². The second kappa shape index (κ2) is 9.62. The summed E-state index contributed by atoms with van der Waals surface area (Å²) in [4.78, 5) is 14.8. The second-order valence-electron chi connectivity index (χ2n) is 7.10. The van der Waals surface area contributed by atoms with Crippen LogP contribution in [0.1, 0.15) is 23.2 Å². The van der Waals surface area contributed by atoms with E-state index in [-0.39, 0.29) is 11.7 Å². The van der Waals surface area contributed by atoms with Crippen LogP contribution in [0.15, 0.2) is 48.5 Å². The number of rotatable bonds is 8. The van der Waals surface area contributed by atoms with E-state index in [1.165, 1.54) is 12.1 Å². The molecular formula is C22H27FN2O2. The molecule has 2 aromatic carbocycles. The first kappa shape index (κ1) is 19.5. The van der Waals surface area contributed by atoms with Crippen LogP contribution in [0.5, 0.6) is 0 Å². The number of carbonyl (C=O) groups is 1. The average molecular weight is 370 g/mol. The molecule has 0 radical (unpaired) electrons. The first-order valence-corrected chi connectivity index (χ1v) is 9.51. The van der Waals surface area contributed by atoms with E-state index in [4.69, 9.17) is 4.74 Å². The van der Waals surface area contributed by atoms with Gasteiger partial charge in [0.2, 0.25) is 0 Å². The van der Waals surface area contributed by atoms with Gasteiger partial charge < -0.3 is 15.0 Å². The van der Waals surface area contributed by atoms with Crippen LogP contribution in [0.2, 0.25) is 0 Å². The molecule has 1 heterocycles. The largest absolute Gasteiger partial charge is 0.385 e. The van der Waals surface area contributed by atoms with Gasteiger partial charge in [-0.05, 0) is 60.7 Å².